The third-order valence-corrected chi connectivity index (χ3v) is 6.02. The maximum atomic E-state index is 13.4. The lowest BCUT2D eigenvalue weighted by Crippen LogP contribution is -2.16. The Hall–Kier alpha value is -4.10. The van der Waals surface area contributed by atoms with Gasteiger partial charge < -0.3 is 14.2 Å². The lowest BCUT2D eigenvalue weighted by Gasteiger charge is -2.10. The number of halogens is 1. The van der Waals surface area contributed by atoms with E-state index in [9.17, 15) is 14.4 Å². The van der Waals surface area contributed by atoms with Gasteiger partial charge in [-0.15, -0.1) is 0 Å². The Balaban J connectivity index is 1.72. The molecular weight excluding hydrogens is 482 g/mol. The molecule has 0 aliphatic heterocycles. The molecule has 4 aromatic rings. The fourth-order valence-electron chi connectivity index (χ4n) is 4.03. The molecule has 0 unspecified atom stereocenters. The Morgan fingerprint density at radius 1 is 0.972 bits per heavy atom. The van der Waals surface area contributed by atoms with Crippen molar-refractivity contribution in [2.45, 2.75) is 20.3 Å². The molecule has 3 aromatic carbocycles. The molecule has 184 valence electrons. The highest BCUT2D eigenvalue weighted by Crippen LogP contribution is 2.31. The average Bonchev–Trinajstić information content (AvgIpc) is 3.14. The minimum Gasteiger partial charge on any atom is -0.497 e. The number of carbonyl (C=O) groups is 3. The first-order valence-electron chi connectivity index (χ1n) is 11.3. The first kappa shape index (κ1) is 25.0. The van der Waals surface area contributed by atoms with Crippen LogP contribution >= 0.6 is 11.6 Å². The molecule has 1 aromatic heterocycles. The van der Waals surface area contributed by atoms with Crippen LogP contribution in [0, 0.1) is 6.92 Å². The standard InChI is InChI=1S/C28H24ClNO6/c1-4-35-28(33)21-7-5-6-8-25(21)36-26(31)16-22-17(2)30(24-14-13-20(34-3)15-23(22)24)27(32)18-9-11-19(29)12-10-18/h5-15H,4,16H2,1-3H3. The van der Waals surface area contributed by atoms with Crippen LogP contribution in [0.4, 0.5) is 0 Å². The zero-order valence-corrected chi connectivity index (χ0v) is 20.8. The Kier molecular flexibility index (Phi) is 7.41. The van der Waals surface area contributed by atoms with E-state index >= 15 is 0 Å². The van der Waals surface area contributed by atoms with Crippen molar-refractivity contribution < 1.29 is 28.6 Å². The number of ether oxygens (including phenoxy) is 3. The molecule has 0 aliphatic rings. The molecule has 0 bridgehead atoms. The van der Waals surface area contributed by atoms with E-state index in [-0.39, 0.29) is 30.2 Å². The second-order valence-corrected chi connectivity index (χ2v) is 8.40. The summed E-state index contributed by atoms with van der Waals surface area (Å²) in [5.41, 5.74) is 2.45. The Bertz CT molecular complexity index is 1460. The van der Waals surface area contributed by atoms with Gasteiger partial charge in [-0.05, 0) is 74.0 Å². The zero-order valence-electron chi connectivity index (χ0n) is 20.0. The van der Waals surface area contributed by atoms with Crippen molar-refractivity contribution >= 4 is 40.3 Å². The quantitative estimate of drug-likeness (QED) is 0.239. The number of benzene rings is 3. The third-order valence-electron chi connectivity index (χ3n) is 5.76. The molecule has 0 N–H and O–H groups in total. The van der Waals surface area contributed by atoms with Gasteiger partial charge in [-0.25, -0.2) is 4.79 Å². The van der Waals surface area contributed by atoms with Crippen molar-refractivity contribution in [3.63, 3.8) is 0 Å². The van der Waals surface area contributed by atoms with E-state index in [1.807, 2.05) is 0 Å². The summed E-state index contributed by atoms with van der Waals surface area (Å²) in [7, 11) is 1.55. The van der Waals surface area contributed by atoms with Crippen LogP contribution in [-0.2, 0) is 16.0 Å². The lowest BCUT2D eigenvalue weighted by molar-refractivity contribution is -0.133. The third kappa shape index (κ3) is 4.97. The van der Waals surface area contributed by atoms with Crippen LogP contribution in [0.15, 0.2) is 66.7 Å². The Morgan fingerprint density at radius 3 is 2.39 bits per heavy atom. The first-order chi connectivity index (χ1) is 17.3. The summed E-state index contributed by atoms with van der Waals surface area (Å²) in [5.74, 6) is -0.729. The summed E-state index contributed by atoms with van der Waals surface area (Å²) in [6.45, 7) is 3.67. The summed E-state index contributed by atoms with van der Waals surface area (Å²) in [4.78, 5) is 38.7. The largest absolute Gasteiger partial charge is 0.497 e. The number of methoxy groups -OCH3 is 1. The molecule has 0 amide bonds. The normalized spacial score (nSPS) is 10.8. The maximum absolute atomic E-state index is 13.4. The molecule has 4 rings (SSSR count). The lowest BCUT2D eigenvalue weighted by atomic mass is 10.1. The molecule has 1 heterocycles. The summed E-state index contributed by atoms with van der Waals surface area (Å²) in [6, 6.07) is 18.3. The summed E-state index contributed by atoms with van der Waals surface area (Å²) in [6.07, 6.45) is -0.131. The minimum atomic E-state index is -0.587. The highest BCUT2D eigenvalue weighted by atomic mass is 35.5. The van der Waals surface area contributed by atoms with E-state index in [2.05, 4.69) is 0 Å². The van der Waals surface area contributed by atoms with Gasteiger partial charge in [0.25, 0.3) is 5.91 Å². The first-order valence-corrected chi connectivity index (χ1v) is 11.7. The molecule has 7 nitrogen and oxygen atoms in total. The molecule has 0 fully saturated rings. The molecule has 0 saturated heterocycles. The van der Waals surface area contributed by atoms with E-state index in [0.717, 1.165) is 0 Å². The minimum absolute atomic E-state index is 0.108. The number of rotatable bonds is 7. The fraction of sp³-hybridized carbons (Fsp3) is 0.179. The van der Waals surface area contributed by atoms with Gasteiger partial charge in [-0.3, -0.25) is 14.2 Å². The molecule has 0 aliphatic carbocycles. The van der Waals surface area contributed by atoms with Gasteiger partial charge in [0.1, 0.15) is 17.1 Å². The van der Waals surface area contributed by atoms with Gasteiger partial charge in [0.15, 0.2) is 0 Å². The fourth-order valence-corrected chi connectivity index (χ4v) is 4.16. The highest BCUT2D eigenvalue weighted by Gasteiger charge is 2.23. The monoisotopic (exact) mass is 505 g/mol. The molecule has 0 atom stereocenters. The SMILES string of the molecule is CCOC(=O)c1ccccc1OC(=O)Cc1c(C)n(C(=O)c2ccc(Cl)cc2)c2ccc(OC)cc12. The topological polar surface area (TPSA) is 83.8 Å². The zero-order chi connectivity index (χ0) is 25.8. The van der Waals surface area contributed by atoms with E-state index in [1.165, 1.54) is 12.1 Å². The average molecular weight is 506 g/mol. The van der Waals surface area contributed by atoms with Gasteiger partial charge in [-0.1, -0.05) is 23.7 Å². The molecule has 0 saturated carbocycles. The number of hydrogen-bond acceptors (Lipinski definition) is 6. The predicted molar refractivity (Wildman–Crippen MR) is 136 cm³/mol. The smallest absolute Gasteiger partial charge is 0.341 e. The van der Waals surface area contributed by atoms with Crippen molar-refractivity contribution in [1.82, 2.24) is 4.57 Å². The van der Waals surface area contributed by atoms with Crippen LogP contribution in [0.5, 0.6) is 11.5 Å². The summed E-state index contributed by atoms with van der Waals surface area (Å²) < 4.78 is 17.6. The van der Waals surface area contributed by atoms with Gasteiger partial charge in [-0.2, -0.15) is 0 Å². The molecular formula is C28H24ClNO6. The number of esters is 2. The molecule has 36 heavy (non-hydrogen) atoms. The van der Waals surface area contributed by atoms with Gasteiger partial charge in [0.05, 0.1) is 25.7 Å². The van der Waals surface area contributed by atoms with Crippen LogP contribution in [0.3, 0.4) is 0 Å². The molecule has 0 spiro atoms. The van der Waals surface area contributed by atoms with Gasteiger partial charge >= 0.3 is 11.9 Å². The van der Waals surface area contributed by atoms with Gasteiger partial charge in [0.2, 0.25) is 0 Å². The van der Waals surface area contributed by atoms with Crippen LogP contribution in [0.1, 0.15) is 38.9 Å². The van der Waals surface area contributed by atoms with Crippen molar-refractivity contribution in [1.29, 1.82) is 0 Å². The molecule has 8 heteroatoms. The molecule has 0 radical (unpaired) electrons. The Labute approximate surface area is 213 Å². The Morgan fingerprint density at radius 2 is 1.69 bits per heavy atom. The second kappa shape index (κ2) is 10.7. The van der Waals surface area contributed by atoms with E-state index in [1.54, 1.807) is 80.1 Å². The number of fused-ring (bicyclic) bond motifs is 1. The summed E-state index contributed by atoms with van der Waals surface area (Å²) in [5, 5.41) is 1.21. The van der Waals surface area contributed by atoms with E-state index in [4.69, 9.17) is 25.8 Å². The van der Waals surface area contributed by atoms with Crippen LogP contribution < -0.4 is 9.47 Å². The van der Waals surface area contributed by atoms with Crippen LogP contribution in [0.2, 0.25) is 5.02 Å². The van der Waals surface area contributed by atoms with Crippen molar-refractivity contribution in [3.8, 4) is 11.5 Å². The van der Waals surface area contributed by atoms with E-state index in [0.29, 0.717) is 38.5 Å². The van der Waals surface area contributed by atoms with Gasteiger partial charge in [0, 0.05) is 21.7 Å². The number of carbonyl (C=O) groups excluding carboxylic acids is 3. The predicted octanol–water partition coefficient (Wildman–Crippen LogP) is 5.63. The maximum Gasteiger partial charge on any atom is 0.341 e. The van der Waals surface area contributed by atoms with E-state index < -0.39 is 11.9 Å². The number of nitrogens with zero attached hydrogens (tertiary/aromatic N) is 1. The second-order valence-electron chi connectivity index (χ2n) is 7.96. The van der Waals surface area contributed by atoms with Crippen LogP contribution in [-0.4, -0.2) is 36.1 Å². The van der Waals surface area contributed by atoms with Crippen molar-refractivity contribution in [3.05, 3.63) is 94.1 Å². The number of aromatic nitrogens is 1. The highest BCUT2D eigenvalue weighted by molar-refractivity contribution is 6.30. The number of para-hydroxylation sites is 1. The van der Waals surface area contributed by atoms with Crippen molar-refractivity contribution in [2.24, 2.45) is 0 Å². The number of hydrogen-bond donors (Lipinski definition) is 0. The van der Waals surface area contributed by atoms with Crippen molar-refractivity contribution in [2.75, 3.05) is 13.7 Å². The van der Waals surface area contributed by atoms with Crippen LogP contribution in [0.25, 0.3) is 10.9 Å². The summed E-state index contributed by atoms with van der Waals surface area (Å²) >= 11 is 5.99.